The lowest BCUT2D eigenvalue weighted by Crippen LogP contribution is -2.12. The number of fused-ring (bicyclic) bond motifs is 1. The standard InChI is InChI=1S/C24H24N4O3/c1-5-21-20-13-25-22(12-23(20)28-27-21)19-10-16(7-6-14(19)2)26-24(29)15-8-17(30-3)11-18(9-15)31-4/h6-13H,5H2,1-4H3,(H,26,29)(H,27,28). The van der Waals surface area contributed by atoms with Crippen molar-refractivity contribution in [2.45, 2.75) is 20.3 Å². The van der Waals surface area contributed by atoms with Gasteiger partial charge in [-0.25, -0.2) is 0 Å². The monoisotopic (exact) mass is 416 g/mol. The lowest BCUT2D eigenvalue weighted by Gasteiger charge is -2.12. The molecule has 0 spiro atoms. The van der Waals surface area contributed by atoms with E-state index in [1.807, 2.05) is 37.4 Å². The number of aryl methyl sites for hydroxylation is 2. The molecule has 0 aliphatic heterocycles. The lowest BCUT2D eigenvalue weighted by atomic mass is 10.0. The first-order valence-corrected chi connectivity index (χ1v) is 10.0. The molecule has 158 valence electrons. The van der Waals surface area contributed by atoms with Crippen LogP contribution in [-0.2, 0) is 6.42 Å². The molecule has 7 heteroatoms. The summed E-state index contributed by atoms with van der Waals surface area (Å²) in [5.41, 5.74) is 5.88. The molecule has 0 saturated heterocycles. The van der Waals surface area contributed by atoms with Crippen molar-refractivity contribution < 1.29 is 14.3 Å². The second kappa shape index (κ2) is 8.47. The van der Waals surface area contributed by atoms with E-state index in [4.69, 9.17) is 9.47 Å². The van der Waals surface area contributed by atoms with E-state index in [0.29, 0.717) is 22.7 Å². The Morgan fingerprint density at radius 2 is 1.81 bits per heavy atom. The molecule has 2 aromatic carbocycles. The number of nitrogens with zero attached hydrogens (tertiary/aromatic N) is 2. The first-order chi connectivity index (χ1) is 15.0. The van der Waals surface area contributed by atoms with Gasteiger partial charge in [0.1, 0.15) is 11.5 Å². The Labute approximate surface area is 180 Å². The van der Waals surface area contributed by atoms with Crippen LogP contribution in [0.15, 0.2) is 48.7 Å². The van der Waals surface area contributed by atoms with Gasteiger partial charge in [-0.3, -0.25) is 14.9 Å². The number of carbonyl (C=O) groups excluding carboxylic acids is 1. The zero-order valence-electron chi connectivity index (χ0n) is 17.9. The average Bonchev–Trinajstić information content (AvgIpc) is 3.22. The Morgan fingerprint density at radius 1 is 1.06 bits per heavy atom. The summed E-state index contributed by atoms with van der Waals surface area (Å²) in [6, 6.07) is 12.8. The lowest BCUT2D eigenvalue weighted by molar-refractivity contribution is 0.102. The van der Waals surface area contributed by atoms with Crippen molar-refractivity contribution in [1.82, 2.24) is 15.2 Å². The molecular weight excluding hydrogens is 392 g/mol. The molecule has 0 bridgehead atoms. The summed E-state index contributed by atoms with van der Waals surface area (Å²) in [5, 5.41) is 11.4. The van der Waals surface area contributed by atoms with E-state index in [1.54, 1.807) is 32.4 Å². The van der Waals surface area contributed by atoms with Gasteiger partial charge in [0, 0.05) is 34.5 Å². The Hall–Kier alpha value is -3.87. The fourth-order valence-corrected chi connectivity index (χ4v) is 3.50. The number of aromatic nitrogens is 3. The zero-order valence-corrected chi connectivity index (χ0v) is 17.9. The molecule has 0 aliphatic rings. The number of pyridine rings is 1. The van der Waals surface area contributed by atoms with E-state index < -0.39 is 0 Å². The maximum absolute atomic E-state index is 12.8. The van der Waals surface area contributed by atoms with Crippen LogP contribution < -0.4 is 14.8 Å². The van der Waals surface area contributed by atoms with Crippen molar-refractivity contribution in [2.24, 2.45) is 0 Å². The summed E-state index contributed by atoms with van der Waals surface area (Å²) in [6.07, 6.45) is 2.69. The molecule has 1 amide bonds. The van der Waals surface area contributed by atoms with E-state index in [2.05, 4.69) is 27.4 Å². The fourth-order valence-electron chi connectivity index (χ4n) is 3.50. The molecule has 2 N–H and O–H groups in total. The summed E-state index contributed by atoms with van der Waals surface area (Å²) < 4.78 is 10.5. The summed E-state index contributed by atoms with van der Waals surface area (Å²) in [4.78, 5) is 17.5. The van der Waals surface area contributed by atoms with Crippen LogP contribution in [0.2, 0.25) is 0 Å². The van der Waals surface area contributed by atoms with Gasteiger partial charge in [-0.2, -0.15) is 5.10 Å². The minimum atomic E-state index is -0.253. The van der Waals surface area contributed by atoms with Gasteiger partial charge in [-0.1, -0.05) is 13.0 Å². The van der Waals surface area contributed by atoms with Crippen LogP contribution in [0.5, 0.6) is 11.5 Å². The number of rotatable bonds is 6. The second-order valence-corrected chi connectivity index (χ2v) is 7.22. The molecule has 2 aromatic heterocycles. The van der Waals surface area contributed by atoms with Crippen LogP contribution >= 0.6 is 0 Å². The van der Waals surface area contributed by atoms with E-state index in [1.165, 1.54) is 0 Å². The molecule has 4 aromatic rings. The highest BCUT2D eigenvalue weighted by Gasteiger charge is 2.13. The third-order valence-corrected chi connectivity index (χ3v) is 5.25. The van der Waals surface area contributed by atoms with Gasteiger partial charge in [0.25, 0.3) is 5.91 Å². The Morgan fingerprint density at radius 3 is 2.48 bits per heavy atom. The number of methoxy groups -OCH3 is 2. The van der Waals surface area contributed by atoms with E-state index >= 15 is 0 Å². The molecule has 0 radical (unpaired) electrons. The number of carbonyl (C=O) groups is 1. The van der Waals surface area contributed by atoms with Crippen molar-refractivity contribution >= 4 is 22.5 Å². The quantitative estimate of drug-likeness (QED) is 0.473. The van der Waals surface area contributed by atoms with Crippen molar-refractivity contribution in [1.29, 1.82) is 0 Å². The SMILES string of the molecule is CCc1n[nH]c2cc(-c3cc(NC(=O)c4cc(OC)cc(OC)c4)ccc3C)ncc12. The van der Waals surface area contributed by atoms with Crippen molar-refractivity contribution in [3.63, 3.8) is 0 Å². The first kappa shape index (κ1) is 20.4. The normalized spacial score (nSPS) is 10.8. The average molecular weight is 416 g/mol. The molecule has 7 nitrogen and oxygen atoms in total. The Kier molecular flexibility index (Phi) is 5.58. The van der Waals surface area contributed by atoms with Crippen LogP contribution in [0.3, 0.4) is 0 Å². The molecule has 0 unspecified atom stereocenters. The highest BCUT2D eigenvalue weighted by Crippen LogP contribution is 2.29. The molecule has 0 fully saturated rings. The fraction of sp³-hybridized carbons (Fsp3) is 0.208. The van der Waals surface area contributed by atoms with Gasteiger partial charge >= 0.3 is 0 Å². The second-order valence-electron chi connectivity index (χ2n) is 7.22. The number of hydrogen-bond acceptors (Lipinski definition) is 5. The number of anilines is 1. The molecule has 4 rings (SSSR count). The number of benzene rings is 2. The Bertz CT molecular complexity index is 1240. The summed E-state index contributed by atoms with van der Waals surface area (Å²) >= 11 is 0. The highest BCUT2D eigenvalue weighted by molar-refractivity contribution is 6.05. The minimum absolute atomic E-state index is 0.253. The Balaban J connectivity index is 1.65. The molecule has 2 heterocycles. The number of ether oxygens (including phenoxy) is 2. The van der Waals surface area contributed by atoms with Crippen LogP contribution in [0.4, 0.5) is 5.69 Å². The van der Waals surface area contributed by atoms with E-state index in [0.717, 1.165) is 39.8 Å². The molecule has 0 atom stereocenters. The van der Waals surface area contributed by atoms with Crippen molar-refractivity contribution in [2.75, 3.05) is 19.5 Å². The summed E-state index contributed by atoms with van der Waals surface area (Å²) in [5.74, 6) is 0.853. The predicted octanol–water partition coefficient (Wildman–Crippen LogP) is 4.77. The highest BCUT2D eigenvalue weighted by atomic mass is 16.5. The first-order valence-electron chi connectivity index (χ1n) is 10.0. The van der Waals surface area contributed by atoms with Gasteiger partial charge in [-0.15, -0.1) is 0 Å². The third kappa shape index (κ3) is 4.07. The number of hydrogen-bond donors (Lipinski definition) is 2. The van der Waals surface area contributed by atoms with Gasteiger partial charge < -0.3 is 14.8 Å². The predicted molar refractivity (Wildman–Crippen MR) is 121 cm³/mol. The zero-order chi connectivity index (χ0) is 22.0. The van der Waals surface area contributed by atoms with Gasteiger partial charge in [0.15, 0.2) is 0 Å². The summed E-state index contributed by atoms with van der Waals surface area (Å²) in [7, 11) is 3.10. The largest absolute Gasteiger partial charge is 0.497 e. The van der Waals surface area contributed by atoms with Crippen LogP contribution in [0.1, 0.15) is 28.5 Å². The smallest absolute Gasteiger partial charge is 0.255 e. The van der Waals surface area contributed by atoms with Crippen LogP contribution in [0, 0.1) is 6.92 Å². The van der Waals surface area contributed by atoms with Crippen molar-refractivity contribution in [3.8, 4) is 22.8 Å². The van der Waals surface area contributed by atoms with E-state index in [9.17, 15) is 4.79 Å². The van der Waals surface area contributed by atoms with Gasteiger partial charge in [0.05, 0.1) is 31.1 Å². The third-order valence-electron chi connectivity index (χ3n) is 5.25. The van der Waals surface area contributed by atoms with Gasteiger partial charge in [0.2, 0.25) is 0 Å². The molecule has 31 heavy (non-hydrogen) atoms. The minimum Gasteiger partial charge on any atom is -0.497 e. The molecule has 0 aliphatic carbocycles. The van der Waals surface area contributed by atoms with Crippen LogP contribution in [0.25, 0.3) is 22.2 Å². The van der Waals surface area contributed by atoms with Crippen molar-refractivity contribution in [3.05, 3.63) is 65.5 Å². The summed E-state index contributed by atoms with van der Waals surface area (Å²) in [6.45, 7) is 4.09. The number of nitrogens with one attached hydrogen (secondary N) is 2. The molecular formula is C24H24N4O3. The van der Waals surface area contributed by atoms with Gasteiger partial charge in [-0.05, 0) is 49.2 Å². The number of H-pyrrole nitrogens is 1. The number of aromatic amines is 1. The van der Waals surface area contributed by atoms with Crippen LogP contribution in [-0.4, -0.2) is 35.3 Å². The maximum Gasteiger partial charge on any atom is 0.255 e. The van der Waals surface area contributed by atoms with E-state index in [-0.39, 0.29) is 5.91 Å². The maximum atomic E-state index is 12.8. The molecule has 0 saturated carbocycles. The number of amides is 1. The topological polar surface area (TPSA) is 89.1 Å².